The summed E-state index contributed by atoms with van der Waals surface area (Å²) in [6, 6.07) is 6.39. The van der Waals surface area contributed by atoms with E-state index >= 15 is 0 Å². The first-order valence-corrected chi connectivity index (χ1v) is 7.78. The molecule has 0 spiro atoms. The Bertz CT molecular complexity index is 692. The van der Waals surface area contributed by atoms with Gasteiger partial charge in [0.1, 0.15) is 5.82 Å². The van der Waals surface area contributed by atoms with E-state index in [2.05, 4.69) is 17.6 Å². The number of likely N-dealkylation sites (N-methyl/N-ethyl adjacent to an activating group) is 1. The van der Waals surface area contributed by atoms with Gasteiger partial charge in [0.2, 0.25) is 5.91 Å². The summed E-state index contributed by atoms with van der Waals surface area (Å²) in [6.07, 6.45) is 1.43. The first kappa shape index (κ1) is 14.4. The second kappa shape index (κ2) is 5.34. The molecule has 1 aromatic carbocycles. The molecule has 4 nitrogen and oxygen atoms in total. The molecule has 1 fully saturated rings. The number of para-hydroxylation sites is 1. The maximum absolute atomic E-state index is 11.7. The van der Waals surface area contributed by atoms with Crippen molar-refractivity contribution in [3.05, 3.63) is 29.6 Å². The number of imidazole rings is 1. The predicted molar refractivity (Wildman–Crippen MR) is 84.6 cm³/mol. The van der Waals surface area contributed by atoms with Gasteiger partial charge in [-0.3, -0.25) is 4.79 Å². The minimum atomic E-state index is -0.153. The maximum atomic E-state index is 11.7. The number of aromatic nitrogens is 2. The molecule has 1 aliphatic rings. The summed E-state index contributed by atoms with van der Waals surface area (Å²) in [5.41, 5.74) is 3.33. The molecular formula is C16H20ClN3O. The van der Waals surface area contributed by atoms with Gasteiger partial charge in [-0.25, -0.2) is 4.98 Å². The quantitative estimate of drug-likeness (QED) is 0.797. The predicted octanol–water partition coefficient (Wildman–Crippen LogP) is 3.44. The van der Waals surface area contributed by atoms with Crippen molar-refractivity contribution in [3.63, 3.8) is 0 Å². The third kappa shape index (κ3) is 2.42. The van der Waals surface area contributed by atoms with Crippen LogP contribution in [0.25, 0.3) is 11.0 Å². The van der Waals surface area contributed by atoms with Crippen molar-refractivity contribution in [2.45, 2.75) is 38.1 Å². The zero-order valence-electron chi connectivity index (χ0n) is 12.6. The molecule has 112 valence electrons. The lowest BCUT2D eigenvalue weighted by molar-refractivity contribution is -0.132. The van der Waals surface area contributed by atoms with Crippen LogP contribution in [0.3, 0.4) is 0 Å². The topological polar surface area (TPSA) is 38.1 Å². The fourth-order valence-electron chi connectivity index (χ4n) is 3.19. The van der Waals surface area contributed by atoms with E-state index in [-0.39, 0.29) is 17.3 Å². The Morgan fingerprint density at radius 1 is 1.43 bits per heavy atom. The number of likely N-dealkylation sites (tertiary alicyclic amines) is 1. The fraction of sp³-hybridized carbons (Fsp3) is 0.500. The SMILES string of the molecule is Cc1cccc2nc(C(C)Cl)n(C3CCC(=O)N(C)C3)c12. The average molecular weight is 306 g/mol. The Morgan fingerprint density at radius 2 is 2.19 bits per heavy atom. The summed E-state index contributed by atoms with van der Waals surface area (Å²) in [4.78, 5) is 18.3. The van der Waals surface area contributed by atoms with E-state index in [4.69, 9.17) is 16.6 Å². The number of alkyl halides is 1. The molecule has 2 unspecified atom stereocenters. The number of aryl methyl sites for hydroxylation is 1. The molecule has 1 aliphatic heterocycles. The molecule has 1 amide bonds. The summed E-state index contributed by atoms with van der Waals surface area (Å²) < 4.78 is 2.26. The van der Waals surface area contributed by atoms with Crippen molar-refractivity contribution in [3.8, 4) is 0 Å². The lowest BCUT2D eigenvalue weighted by Crippen LogP contribution is -2.38. The molecule has 0 saturated carbocycles. The number of piperidine rings is 1. The number of nitrogens with zero attached hydrogens (tertiary/aromatic N) is 3. The highest BCUT2D eigenvalue weighted by atomic mass is 35.5. The third-order valence-corrected chi connectivity index (χ3v) is 4.46. The van der Waals surface area contributed by atoms with Gasteiger partial charge in [0, 0.05) is 20.0 Å². The first-order chi connectivity index (χ1) is 9.99. The Labute approximate surface area is 129 Å². The van der Waals surface area contributed by atoms with Crippen molar-refractivity contribution < 1.29 is 4.79 Å². The van der Waals surface area contributed by atoms with E-state index in [1.807, 2.05) is 26.1 Å². The minimum Gasteiger partial charge on any atom is -0.344 e. The number of hydrogen-bond donors (Lipinski definition) is 0. The summed E-state index contributed by atoms with van der Waals surface area (Å²) >= 11 is 6.35. The van der Waals surface area contributed by atoms with Gasteiger partial charge in [0.05, 0.1) is 22.5 Å². The van der Waals surface area contributed by atoms with Crippen LogP contribution >= 0.6 is 11.6 Å². The van der Waals surface area contributed by atoms with Crippen LogP contribution in [0.1, 0.15) is 42.6 Å². The van der Waals surface area contributed by atoms with Gasteiger partial charge < -0.3 is 9.47 Å². The van der Waals surface area contributed by atoms with Crippen LogP contribution in [0.5, 0.6) is 0 Å². The van der Waals surface area contributed by atoms with Crippen LogP contribution in [-0.2, 0) is 4.79 Å². The molecule has 2 aromatic rings. The summed E-state index contributed by atoms with van der Waals surface area (Å²) in [5.74, 6) is 1.11. The van der Waals surface area contributed by atoms with Gasteiger partial charge >= 0.3 is 0 Å². The van der Waals surface area contributed by atoms with Crippen molar-refractivity contribution in [2.24, 2.45) is 0 Å². The van der Waals surface area contributed by atoms with Crippen molar-refractivity contribution >= 4 is 28.5 Å². The molecular weight excluding hydrogens is 286 g/mol. The van der Waals surface area contributed by atoms with E-state index in [9.17, 15) is 4.79 Å². The molecule has 0 N–H and O–H groups in total. The largest absolute Gasteiger partial charge is 0.344 e. The zero-order chi connectivity index (χ0) is 15.1. The molecule has 2 heterocycles. The highest BCUT2D eigenvalue weighted by Gasteiger charge is 2.28. The smallest absolute Gasteiger partial charge is 0.222 e. The molecule has 1 saturated heterocycles. The lowest BCUT2D eigenvalue weighted by atomic mass is 10.0. The van der Waals surface area contributed by atoms with Gasteiger partial charge in [0.25, 0.3) is 0 Å². The number of rotatable bonds is 2. The third-order valence-electron chi connectivity index (χ3n) is 4.26. The van der Waals surface area contributed by atoms with Gasteiger partial charge in [-0.05, 0) is 31.9 Å². The van der Waals surface area contributed by atoms with E-state index in [1.54, 1.807) is 4.90 Å². The summed E-state index contributed by atoms with van der Waals surface area (Å²) in [6.45, 7) is 4.77. The molecule has 0 aliphatic carbocycles. The normalized spacial score (nSPS) is 21.0. The number of carbonyl (C=O) groups excluding carboxylic acids is 1. The van der Waals surface area contributed by atoms with Gasteiger partial charge in [-0.1, -0.05) is 12.1 Å². The lowest BCUT2D eigenvalue weighted by Gasteiger charge is -2.32. The van der Waals surface area contributed by atoms with Crippen LogP contribution < -0.4 is 0 Å². The first-order valence-electron chi connectivity index (χ1n) is 7.34. The molecule has 0 radical (unpaired) electrons. The highest BCUT2D eigenvalue weighted by molar-refractivity contribution is 6.20. The molecule has 1 aromatic heterocycles. The van der Waals surface area contributed by atoms with E-state index in [0.717, 1.165) is 29.8 Å². The number of hydrogen-bond acceptors (Lipinski definition) is 2. The highest BCUT2D eigenvalue weighted by Crippen LogP contribution is 2.33. The second-order valence-electron chi connectivity index (χ2n) is 5.87. The number of fused-ring (bicyclic) bond motifs is 1. The zero-order valence-corrected chi connectivity index (χ0v) is 13.4. The minimum absolute atomic E-state index is 0.153. The number of carbonyl (C=O) groups is 1. The van der Waals surface area contributed by atoms with Crippen LogP contribution in [0, 0.1) is 6.92 Å². The standard InChI is InChI=1S/C16H20ClN3O/c1-10-5-4-6-13-15(10)20(16(18-13)11(2)17)12-7-8-14(21)19(3)9-12/h4-6,11-12H,7-9H2,1-3H3. The van der Waals surface area contributed by atoms with Crippen molar-refractivity contribution in [1.82, 2.24) is 14.5 Å². The van der Waals surface area contributed by atoms with Crippen molar-refractivity contribution in [1.29, 1.82) is 0 Å². The molecule has 2 atom stereocenters. The van der Waals surface area contributed by atoms with E-state index in [1.165, 1.54) is 5.56 Å². The fourth-order valence-corrected chi connectivity index (χ4v) is 3.34. The summed E-state index contributed by atoms with van der Waals surface area (Å²) in [5, 5.41) is -0.153. The number of halogens is 1. The van der Waals surface area contributed by atoms with E-state index < -0.39 is 0 Å². The monoisotopic (exact) mass is 305 g/mol. The van der Waals surface area contributed by atoms with Crippen LogP contribution in [-0.4, -0.2) is 34.0 Å². The Kier molecular flexibility index (Phi) is 3.66. The molecule has 21 heavy (non-hydrogen) atoms. The second-order valence-corrected chi connectivity index (χ2v) is 6.52. The Hall–Kier alpha value is -1.55. The molecule has 0 bridgehead atoms. The Morgan fingerprint density at radius 3 is 2.86 bits per heavy atom. The van der Waals surface area contributed by atoms with E-state index in [0.29, 0.717) is 6.42 Å². The van der Waals surface area contributed by atoms with Crippen LogP contribution in [0.15, 0.2) is 18.2 Å². The van der Waals surface area contributed by atoms with Crippen LogP contribution in [0.2, 0.25) is 0 Å². The summed E-state index contributed by atoms with van der Waals surface area (Å²) in [7, 11) is 1.87. The average Bonchev–Trinajstić information content (AvgIpc) is 2.83. The van der Waals surface area contributed by atoms with Crippen LogP contribution in [0.4, 0.5) is 0 Å². The van der Waals surface area contributed by atoms with Gasteiger partial charge in [-0.15, -0.1) is 11.6 Å². The van der Waals surface area contributed by atoms with Gasteiger partial charge in [0.15, 0.2) is 0 Å². The Balaban J connectivity index is 2.15. The number of amides is 1. The molecule has 3 rings (SSSR count). The number of benzene rings is 1. The molecule has 5 heteroatoms. The van der Waals surface area contributed by atoms with Gasteiger partial charge in [-0.2, -0.15) is 0 Å². The van der Waals surface area contributed by atoms with Crippen molar-refractivity contribution in [2.75, 3.05) is 13.6 Å². The maximum Gasteiger partial charge on any atom is 0.222 e.